The number of nitrogens with zero attached hydrogens (tertiary/aromatic N) is 1. The van der Waals surface area contributed by atoms with E-state index in [4.69, 9.17) is 0 Å². The lowest BCUT2D eigenvalue weighted by Crippen LogP contribution is -2.34. The molecule has 1 amide bonds. The maximum Gasteiger partial charge on any atom is 0.268 e. The second kappa shape index (κ2) is 2.85. The Morgan fingerprint density at radius 2 is 2.23 bits per heavy atom. The molecule has 0 aliphatic carbocycles. The Labute approximate surface area is 77.3 Å². The van der Waals surface area contributed by atoms with Gasteiger partial charge in [0.1, 0.15) is 0 Å². The van der Waals surface area contributed by atoms with Crippen LogP contribution in [0.4, 0.5) is 0 Å². The molecule has 0 saturated carbocycles. The number of amides is 1. The van der Waals surface area contributed by atoms with Crippen molar-refractivity contribution in [2.24, 2.45) is 0 Å². The number of hydrogen-bond donors (Lipinski definition) is 1. The molecule has 2 rings (SSSR count). The third kappa shape index (κ3) is 1.21. The molecular weight excluding hydrogens is 164 g/mol. The van der Waals surface area contributed by atoms with Gasteiger partial charge < -0.3 is 0 Å². The fourth-order valence-corrected chi connectivity index (χ4v) is 1.60. The van der Waals surface area contributed by atoms with E-state index < -0.39 is 0 Å². The minimum atomic E-state index is 0.0706. The van der Waals surface area contributed by atoms with Crippen LogP contribution in [0.2, 0.25) is 0 Å². The highest BCUT2D eigenvalue weighted by atomic mass is 16.2. The van der Waals surface area contributed by atoms with Crippen LogP contribution in [0.1, 0.15) is 21.5 Å². The van der Waals surface area contributed by atoms with Crippen molar-refractivity contribution in [3.63, 3.8) is 0 Å². The monoisotopic (exact) mass is 176 g/mol. The summed E-state index contributed by atoms with van der Waals surface area (Å²) in [6, 6.07) is 5.99. The largest absolute Gasteiger partial charge is 0.270 e. The van der Waals surface area contributed by atoms with Gasteiger partial charge in [-0.15, -0.1) is 0 Å². The molecule has 0 unspecified atom stereocenters. The van der Waals surface area contributed by atoms with Gasteiger partial charge in [0.05, 0.1) is 6.54 Å². The maximum atomic E-state index is 11.6. The minimum absolute atomic E-state index is 0.0706. The van der Waals surface area contributed by atoms with E-state index in [2.05, 4.69) is 5.43 Å². The van der Waals surface area contributed by atoms with Crippen LogP contribution < -0.4 is 5.43 Å². The van der Waals surface area contributed by atoms with Crippen molar-refractivity contribution in [1.29, 1.82) is 0 Å². The molecule has 1 N–H and O–H groups in total. The zero-order chi connectivity index (χ0) is 9.42. The molecule has 0 saturated heterocycles. The second-order valence-corrected chi connectivity index (χ2v) is 3.28. The molecule has 1 aromatic rings. The molecule has 3 nitrogen and oxygen atoms in total. The summed E-state index contributed by atoms with van der Waals surface area (Å²) in [6.45, 7) is 2.67. The predicted molar refractivity (Wildman–Crippen MR) is 50.1 cm³/mol. The topological polar surface area (TPSA) is 32.3 Å². The van der Waals surface area contributed by atoms with Crippen LogP contribution in [0.5, 0.6) is 0 Å². The van der Waals surface area contributed by atoms with Gasteiger partial charge in [-0.3, -0.25) is 9.80 Å². The smallest absolute Gasteiger partial charge is 0.268 e. The van der Waals surface area contributed by atoms with Gasteiger partial charge in [-0.25, -0.2) is 5.43 Å². The molecule has 1 aliphatic rings. The van der Waals surface area contributed by atoms with Crippen LogP contribution in [0.15, 0.2) is 18.2 Å². The molecule has 1 heterocycles. The molecule has 0 fully saturated rings. The molecule has 1 aliphatic heterocycles. The SMILES string of the molecule is CNN1Cc2ccc(C)cc2C1=O. The molecule has 0 spiro atoms. The Kier molecular flexibility index (Phi) is 1.81. The summed E-state index contributed by atoms with van der Waals surface area (Å²) in [5, 5.41) is 1.62. The summed E-state index contributed by atoms with van der Waals surface area (Å²) >= 11 is 0. The lowest BCUT2D eigenvalue weighted by Gasteiger charge is -2.12. The van der Waals surface area contributed by atoms with E-state index in [0.717, 1.165) is 16.7 Å². The number of rotatable bonds is 1. The molecule has 0 aromatic heterocycles. The summed E-state index contributed by atoms with van der Waals surface area (Å²) in [5.74, 6) is 0.0706. The fourth-order valence-electron chi connectivity index (χ4n) is 1.60. The molecule has 0 atom stereocenters. The van der Waals surface area contributed by atoms with Crippen LogP contribution in [0.3, 0.4) is 0 Å². The van der Waals surface area contributed by atoms with Crippen molar-refractivity contribution in [3.05, 3.63) is 34.9 Å². The summed E-state index contributed by atoms with van der Waals surface area (Å²) in [6.07, 6.45) is 0. The highest BCUT2D eigenvalue weighted by Gasteiger charge is 2.25. The van der Waals surface area contributed by atoms with Crippen molar-refractivity contribution in [2.75, 3.05) is 7.05 Å². The van der Waals surface area contributed by atoms with Crippen LogP contribution in [-0.2, 0) is 6.54 Å². The van der Waals surface area contributed by atoms with Gasteiger partial charge in [0, 0.05) is 12.6 Å². The zero-order valence-corrected chi connectivity index (χ0v) is 7.79. The lowest BCUT2D eigenvalue weighted by molar-refractivity contribution is 0.0706. The van der Waals surface area contributed by atoms with Crippen molar-refractivity contribution >= 4 is 5.91 Å². The normalized spacial score (nSPS) is 14.9. The summed E-state index contributed by atoms with van der Waals surface area (Å²) in [5.41, 5.74) is 5.92. The standard InChI is InChI=1S/C10H12N2O/c1-7-3-4-8-6-12(11-2)10(13)9(8)5-7/h3-5,11H,6H2,1-2H3. The van der Waals surface area contributed by atoms with Gasteiger partial charge in [-0.2, -0.15) is 0 Å². The molecule has 68 valence electrons. The Balaban J connectivity index is 2.45. The van der Waals surface area contributed by atoms with Gasteiger partial charge >= 0.3 is 0 Å². The predicted octanol–water partition coefficient (Wildman–Crippen LogP) is 1.09. The third-order valence-electron chi connectivity index (χ3n) is 2.34. The molecule has 3 heteroatoms. The maximum absolute atomic E-state index is 11.6. The average Bonchev–Trinajstić information content (AvgIpc) is 2.44. The van der Waals surface area contributed by atoms with Gasteiger partial charge in [-0.1, -0.05) is 17.7 Å². The first-order chi connectivity index (χ1) is 6.22. The second-order valence-electron chi connectivity index (χ2n) is 3.28. The number of hydrogen-bond acceptors (Lipinski definition) is 2. The van der Waals surface area contributed by atoms with Gasteiger partial charge in [-0.05, 0) is 18.6 Å². The first-order valence-electron chi connectivity index (χ1n) is 4.31. The summed E-state index contributed by atoms with van der Waals surface area (Å²) in [4.78, 5) is 11.6. The Bertz CT molecular complexity index is 360. The van der Waals surface area contributed by atoms with E-state index in [1.165, 1.54) is 0 Å². The van der Waals surface area contributed by atoms with Crippen molar-refractivity contribution in [3.8, 4) is 0 Å². The van der Waals surface area contributed by atoms with Crippen LogP contribution in [-0.4, -0.2) is 18.0 Å². The number of benzene rings is 1. The molecule has 13 heavy (non-hydrogen) atoms. The minimum Gasteiger partial charge on any atom is -0.270 e. The Hall–Kier alpha value is -1.35. The van der Waals surface area contributed by atoms with E-state index in [1.54, 1.807) is 12.1 Å². The first-order valence-corrected chi connectivity index (χ1v) is 4.31. The van der Waals surface area contributed by atoms with Gasteiger partial charge in [0.15, 0.2) is 0 Å². The first kappa shape index (κ1) is 8.26. The molecule has 0 radical (unpaired) electrons. The Morgan fingerprint density at radius 1 is 1.46 bits per heavy atom. The number of fused-ring (bicyclic) bond motifs is 1. The number of aryl methyl sites for hydroxylation is 1. The number of nitrogens with one attached hydrogen (secondary N) is 1. The van der Waals surface area contributed by atoms with Crippen molar-refractivity contribution in [1.82, 2.24) is 10.4 Å². The van der Waals surface area contributed by atoms with Crippen LogP contribution in [0, 0.1) is 6.92 Å². The Morgan fingerprint density at radius 3 is 2.92 bits per heavy atom. The highest BCUT2D eigenvalue weighted by Crippen LogP contribution is 2.21. The summed E-state index contributed by atoms with van der Waals surface area (Å²) < 4.78 is 0. The van der Waals surface area contributed by atoms with Gasteiger partial charge in [0.25, 0.3) is 5.91 Å². The van der Waals surface area contributed by atoms with E-state index in [-0.39, 0.29) is 5.91 Å². The van der Waals surface area contributed by atoms with E-state index in [9.17, 15) is 4.79 Å². The molecular formula is C10H12N2O. The number of carbonyl (C=O) groups excluding carboxylic acids is 1. The fraction of sp³-hybridized carbons (Fsp3) is 0.300. The molecule has 1 aromatic carbocycles. The van der Waals surface area contributed by atoms with E-state index >= 15 is 0 Å². The van der Waals surface area contributed by atoms with Crippen molar-refractivity contribution < 1.29 is 4.79 Å². The molecule has 0 bridgehead atoms. The van der Waals surface area contributed by atoms with E-state index in [0.29, 0.717) is 6.54 Å². The third-order valence-corrected chi connectivity index (χ3v) is 2.34. The van der Waals surface area contributed by atoms with Crippen molar-refractivity contribution in [2.45, 2.75) is 13.5 Å². The summed E-state index contributed by atoms with van der Waals surface area (Å²) in [7, 11) is 1.76. The zero-order valence-electron chi connectivity index (χ0n) is 7.79. The van der Waals surface area contributed by atoms with Crippen LogP contribution >= 0.6 is 0 Å². The highest BCUT2D eigenvalue weighted by molar-refractivity contribution is 5.98. The quantitative estimate of drug-likeness (QED) is 0.694. The van der Waals surface area contributed by atoms with Crippen LogP contribution in [0.25, 0.3) is 0 Å². The number of hydrazine groups is 1. The average molecular weight is 176 g/mol. The lowest BCUT2D eigenvalue weighted by atomic mass is 10.1. The van der Waals surface area contributed by atoms with Gasteiger partial charge in [0.2, 0.25) is 0 Å². The number of carbonyl (C=O) groups is 1. The van der Waals surface area contributed by atoms with E-state index in [1.807, 2.05) is 25.1 Å².